The van der Waals surface area contributed by atoms with Crippen LogP contribution in [0.3, 0.4) is 0 Å². The molecule has 7 heteroatoms. The lowest BCUT2D eigenvalue weighted by atomic mass is 10.2. The van der Waals surface area contributed by atoms with Crippen LogP contribution in [0.2, 0.25) is 0 Å². The minimum absolute atomic E-state index is 0.328. The lowest BCUT2D eigenvalue weighted by molar-refractivity contribution is 0.247. The highest BCUT2D eigenvalue weighted by atomic mass is 32.2. The quantitative estimate of drug-likeness (QED) is 0.505. The van der Waals surface area contributed by atoms with Crippen LogP contribution in [0.4, 0.5) is 10.5 Å². The van der Waals surface area contributed by atoms with E-state index in [0.717, 1.165) is 10.5 Å². The van der Waals surface area contributed by atoms with Crippen LogP contribution < -0.4 is 20.1 Å². The fourth-order valence-electron chi connectivity index (χ4n) is 2.75. The Morgan fingerprint density at radius 1 is 0.933 bits per heavy atom. The number of benzene rings is 3. The third kappa shape index (κ3) is 6.63. The first-order valence-corrected chi connectivity index (χ1v) is 10.8. The summed E-state index contributed by atoms with van der Waals surface area (Å²) in [6, 6.07) is 23.6. The molecule has 1 unspecified atom stereocenters. The van der Waals surface area contributed by atoms with Crippen molar-refractivity contribution in [2.75, 3.05) is 25.6 Å². The number of hydrogen-bond donors (Lipinski definition) is 2. The number of hydrogen-bond acceptors (Lipinski definition) is 4. The number of methoxy groups -OCH3 is 1. The maximum absolute atomic E-state index is 12.5. The molecular formula is C23H24N2O4S. The highest BCUT2D eigenvalue weighted by Gasteiger charge is 2.07. The molecule has 0 heterocycles. The Balaban J connectivity index is 1.45. The van der Waals surface area contributed by atoms with E-state index in [4.69, 9.17) is 9.47 Å². The Hall–Kier alpha value is -3.32. The predicted octanol–water partition coefficient (Wildman–Crippen LogP) is 4.20. The molecular weight excluding hydrogens is 400 g/mol. The van der Waals surface area contributed by atoms with Gasteiger partial charge in [-0.05, 0) is 42.0 Å². The zero-order valence-electron chi connectivity index (χ0n) is 16.7. The third-order valence-electron chi connectivity index (χ3n) is 4.19. The second kappa shape index (κ2) is 11.0. The van der Waals surface area contributed by atoms with Crippen molar-refractivity contribution in [2.45, 2.75) is 10.6 Å². The van der Waals surface area contributed by atoms with Crippen LogP contribution in [-0.4, -0.2) is 30.5 Å². The topological polar surface area (TPSA) is 76.7 Å². The van der Waals surface area contributed by atoms with E-state index in [1.807, 2.05) is 66.7 Å². The zero-order valence-corrected chi connectivity index (χ0v) is 17.5. The molecule has 0 saturated carbocycles. The molecule has 0 aromatic heterocycles. The van der Waals surface area contributed by atoms with Crippen LogP contribution in [0.5, 0.6) is 11.5 Å². The molecule has 0 aliphatic rings. The van der Waals surface area contributed by atoms with E-state index < -0.39 is 10.8 Å². The molecule has 3 rings (SSSR count). The van der Waals surface area contributed by atoms with Crippen molar-refractivity contribution in [3.63, 3.8) is 0 Å². The van der Waals surface area contributed by atoms with Crippen LogP contribution >= 0.6 is 0 Å². The second-order valence-corrected chi connectivity index (χ2v) is 7.86. The minimum atomic E-state index is -1.14. The van der Waals surface area contributed by atoms with E-state index in [0.29, 0.717) is 36.1 Å². The summed E-state index contributed by atoms with van der Waals surface area (Å²) in [6.45, 7) is 0.678. The largest absolute Gasteiger partial charge is 0.497 e. The monoisotopic (exact) mass is 424 g/mol. The molecule has 0 aliphatic heterocycles. The Labute approximate surface area is 178 Å². The predicted molar refractivity (Wildman–Crippen MR) is 119 cm³/mol. The number of carbonyl (C=O) groups excluding carboxylic acids is 1. The second-order valence-electron chi connectivity index (χ2n) is 6.41. The van der Waals surface area contributed by atoms with Crippen molar-refractivity contribution >= 4 is 22.5 Å². The standard InChI is InChI=1S/C23H24N2O4S/c1-28-20-9-6-10-21(16-20)29-14-13-24-23(26)25-19-8-5-7-18(15-19)17-30(27)22-11-3-2-4-12-22/h2-12,15-16H,13-14,17H2,1H3,(H2,24,25,26). The van der Waals surface area contributed by atoms with E-state index >= 15 is 0 Å². The van der Waals surface area contributed by atoms with Crippen LogP contribution in [-0.2, 0) is 16.6 Å². The molecule has 0 aliphatic carbocycles. The number of urea groups is 1. The van der Waals surface area contributed by atoms with E-state index in [-0.39, 0.29) is 6.03 Å². The first kappa shape index (κ1) is 21.4. The van der Waals surface area contributed by atoms with Gasteiger partial charge in [0.25, 0.3) is 0 Å². The summed E-state index contributed by atoms with van der Waals surface area (Å²) in [7, 11) is 0.461. The summed E-state index contributed by atoms with van der Waals surface area (Å²) in [5, 5.41) is 5.54. The number of ether oxygens (including phenoxy) is 2. The molecule has 6 nitrogen and oxygen atoms in total. The maximum atomic E-state index is 12.5. The van der Waals surface area contributed by atoms with Gasteiger partial charge in [-0.2, -0.15) is 0 Å². The molecule has 3 aromatic rings. The molecule has 30 heavy (non-hydrogen) atoms. The highest BCUT2D eigenvalue weighted by Crippen LogP contribution is 2.18. The fourth-order valence-corrected chi connectivity index (χ4v) is 3.86. The van der Waals surface area contributed by atoms with Crippen molar-refractivity contribution in [2.24, 2.45) is 0 Å². The van der Waals surface area contributed by atoms with Crippen LogP contribution in [0.1, 0.15) is 5.56 Å². The average molecular weight is 425 g/mol. The van der Waals surface area contributed by atoms with Gasteiger partial charge in [0.1, 0.15) is 18.1 Å². The van der Waals surface area contributed by atoms with Gasteiger partial charge in [0.2, 0.25) is 0 Å². The van der Waals surface area contributed by atoms with E-state index in [2.05, 4.69) is 10.6 Å². The van der Waals surface area contributed by atoms with Gasteiger partial charge >= 0.3 is 6.03 Å². The molecule has 0 radical (unpaired) electrons. The van der Waals surface area contributed by atoms with Crippen molar-refractivity contribution < 1.29 is 18.5 Å². The summed E-state index contributed by atoms with van der Waals surface area (Å²) in [4.78, 5) is 12.9. The number of nitrogens with one attached hydrogen (secondary N) is 2. The van der Waals surface area contributed by atoms with Crippen molar-refractivity contribution in [1.29, 1.82) is 0 Å². The minimum Gasteiger partial charge on any atom is -0.497 e. The average Bonchev–Trinajstić information content (AvgIpc) is 2.78. The van der Waals surface area contributed by atoms with E-state index in [1.54, 1.807) is 19.2 Å². The lowest BCUT2D eigenvalue weighted by Crippen LogP contribution is -2.32. The third-order valence-corrected chi connectivity index (χ3v) is 5.58. The molecule has 0 fully saturated rings. The Morgan fingerprint density at radius 3 is 2.50 bits per heavy atom. The van der Waals surface area contributed by atoms with E-state index in [1.165, 1.54) is 0 Å². The van der Waals surface area contributed by atoms with Crippen LogP contribution in [0.15, 0.2) is 83.8 Å². The van der Waals surface area contributed by atoms with Gasteiger partial charge in [-0.3, -0.25) is 4.21 Å². The number of amides is 2. The molecule has 2 amide bonds. The molecule has 0 saturated heterocycles. The van der Waals surface area contributed by atoms with Gasteiger partial charge in [0, 0.05) is 16.6 Å². The SMILES string of the molecule is COc1cccc(OCCNC(=O)Nc2cccc(CS(=O)c3ccccc3)c2)c1. The van der Waals surface area contributed by atoms with Gasteiger partial charge in [-0.15, -0.1) is 0 Å². The van der Waals surface area contributed by atoms with Gasteiger partial charge in [0.15, 0.2) is 0 Å². The molecule has 0 spiro atoms. The number of anilines is 1. The molecule has 2 N–H and O–H groups in total. The van der Waals surface area contributed by atoms with Gasteiger partial charge < -0.3 is 20.1 Å². The molecule has 3 aromatic carbocycles. The van der Waals surface area contributed by atoms with Gasteiger partial charge in [0.05, 0.1) is 30.2 Å². The zero-order chi connectivity index (χ0) is 21.2. The fraction of sp³-hybridized carbons (Fsp3) is 0.174. The Bertz CT molecular complexity index is 995. The summed E-state index contributed by atoms with van der Waals surface area (Å²) in [5.41, 5.74) is 1.53. The van der Waals surface area contributed by atoms with Crippen molar-refractivity contribution in [3.8, 4) is 11.5 Å². The summed E-state index contributed by atoms with van der Waals surface area (Å²) in [6.07, 6.45) is 0. The highest BCUT2D eigenvalue weighted by molar-refractivity contribution is 7.84. The lowest BCUT2D eigenvalue weighted by Gasteiger charge is -2.10. The van der Waals surface area contributed by atoms with E-state index in [9.17, 15) is 9.00 Å². The smallest absolute Gasteiger partial charge is 0.319 e. The summed E-state index contributed by atoms with van der Waals surface area (Å²) in [5.74, 6) is 1.78. The van der Waals surface area contributed by atoms with Crippen LogP contribution in [0, 0.1) is 0 Å². The first-order valence-electron chi connectivity index (χ1n) is 9.48. The van der Waals surface area contributed by atoms with Gasteiger partial charge in [-0.25, -0.2) is 4.79 Å². The Kier molecular flexibility index (Phi) is 7.86. The first-order chi connectivity index (χ1) is 14.6. The normalized spacial score (nSPS) is 11.4. The molecule has 1 atom stereocenters. The molecule has 0 bridgehead atoms. The van der Waals surface area contributed by atoms with Crippen molar-refractivity contribution in [1.82, 2.24) is 5.32 Å². The van der Waals surface area contributed by atoms with Crippen LogP contribution in [0.25, 0.3) is 0 Å². The number of carbonyl (C=O) groups is 1. The van der Waals surface area contributed by atoms with Crippen molar-refractivity contribution in [3.05, 3.63) is 84.4 Å². The summed E-state index contributed by atoms with van der Waals surface area (Å²) < 4.78 is 23.2. The maximum Gasteiger partial charge on any atom is 0.319 e. The number of rotatable bonds is 9. The Morgan fingerprint density at radius 2 is 1.70 bits per heavy atom. The van der Waals surface area contributed by atoms with Gasteiger partial charge in [-0.1, -0.05) is 36.4 Å². The molecule has 156 valence electrons. The summed E-state index contributed by atoms with van der Waals surface area (Å²) >= 11 is 0.